The zero-order valence-corrected chi connectivity index (χ0v) is 32.7. The van der Waals surface area contributed by atoms with Gasteiger partial charge in [0.2, 0.25) is 0 Å². The third-order valence-corrected chi connectivity index (χ3v) is 13.3. The zero-order valence-electron chi connectivity index (χ0n) is 31.9. The molecule has 3 fully saturated rings. The molecule has 0 unspecified atom stereocenters. The number of hydrogen-bond donors (Lipinski definition) is 2. The van der Waals surface area contributed by atoms with Crippen molar-refractivity contribution in [3.05, 3.63) is 70.4 Å². The Hall–Kier alpha value is -5.45. The van der Waals surface area contributed by atoms with Crippen molar-refractivity contribution in [2.45, 2.75) is 56.3 Å². The van der Waals surface area contributed by atoms with Crippen LogP contribution in [0.1, 0.15) is 61.3 Å². The van der Waals surface area contributed by atoms with Crippen molar-refractivity contribution in [3.8, 4) is 29.0 Å². The normalized spacial score (nSPS) is 20.3. The number of halogens is 7. The van der Waals surface area contributed by atoms with Gasteiger partial charge in [0.05, 0.1) is 33.8 Å². The molecule has 5 aromatic rings. The molecule has 2 atom stereocenters. The Morgan fingerprint density at radius 3 is 2.62 bits per heavy atom. The number of ether oxygens (including phenoxy) is 3. The minimum absolute atomic E-state index is 0.0194. The van der Waals surface area contributed by atoms with Crippen LogP contribution in [-0.4, -0.2) is 71.5 Å². The van der Waals surface area contributed by atoms with E-state index in [0.717, 1.165) is 12.1 Å². The van der Waals surface area contributed by atoms with E-state index in [0.29, 0.717) is 68.8 Å². The van der Waals surface area contributed by atoms with Crippen molar-refractivity contribution in [1.29, 1.82) is 5.26 Å². The van der Waals surface area contributed by atoms with Crippen LogP contribution < -0.4 is 25.8 Å². The number of fused-ring (bicyclic) bond motifs is 2. The predicted molar refractivity (Wildman–Crippen MR) is 210 cm³/mol. The fraction of sp³-hybridized carbons (Fsp3) is 0.415. The van der Waals surface area contributed by atoms with Crippen LogP contribution in [0.25, 0.3) is 32.1 Å². The molecule has 9 rings (SSSR count). The van der Waals surface area contributed by atoms with Crippen molar-refractivity contribution in [2.75, 3.05) is 62.4 Å². The first-order chi connectivity index (χ1) is 28.8. The van der Waals surface area contributed by atoms with E-state index in [1.54, 1.807) is 17.0 Å². The summed E-state index contributed by atoms with van der Waals surface area (Å²) in [5.41, 5.74) is 8.30. The second-order valence-corrected chi connectivity index (χ2v) is 16.7. The van der Waals surface area contributed by atoms with Crippen LogP contribution in [0.2, 0.25) is 0 Å². The summed E-state index contributed by atoms with van der Waals surface area (Å²) in [6.45, 7) is 1.04. The standard InChI is InChI=1S/C41H37F7N8O3S/c42-25-5-4-23(27-24(17-49)37(51)60-34(25)27)28-30(41(46,47)48)33-29-32(31(28)43)53-39(59-19-40-8-2-10-55(40)18-21(16-40)35(44)45)54-38(29)56(11-14-58-33)26(15-20-6-12-57-13-7-20)22-3-1-9-52-36(22)50/h1,3-5,9,20,26H,2,6-8,10-16,18-19,51H2,(H2,50,52)/t26-,40+/m1/s1. The first kappa shape index (κ1) is 40.0. The lowest BCUT2D eigenvalue weighted by Gasteiger charge is -2.36. The maximum Gasteiger partial charge on any atom is 0.420 e. The number of nitriles is 1. The Labute approximate surface area is 342 Å². The Balaban J connectivity index is 1.31. The molecule has 0 aliphatic carbocycles. The van der Waals surface area contributed by atoms with Crippen molar-refractivity contribution in [3.63, 3.8) is 0 Å². The summed E-state index contributed by atoms with van der Waals surface area (Å²) in [7, 11) is 0. The summed E-state index contributed by atoms with van der Waals surface area (Å²) < 4.78 is 126. The Bertz CT molecular complexity index is 2610. The molecule has 7 heterocycles. The lowest BCUT2D eigenvalue weighted by atomic mass is 9.88. The number of nitrogens with two attached hydrogens (primary N) is 2. The van der Waals surface area contributed by atoms with Gasteiger partial charge in [-0.2, -0.15) is 37.2 Å². The fourth-order valence-corrected chi connectivity index (χ4v) is 10.4. The summed E-state index contributed by atoms with van der Waals surface area (Å²) in [6.07, 6.45) is -2.46. The molecule has 0 radical (unpaired) electrons. The summed E-state index contributed by atoms with van der Waals surface area (Å²) in [6, 6.07) is 6.07. The van der Waals surface area contributed by atoms with E-state index >= 15 is 22.0 Å². The van der Waals surface area contributed by atoms with Crippen molar-refractivity contribution in [2.24, 2.45) is 5.92 Å². The second kappa shape index (κ2) is 15.2. The van der Waals surface area contributed by atoms with Crippen LogP contribution in [0, 0.1) is 28.9 Å². The summed E-state index contributed by atoms with van der Waals surface area (Å²) >= 11 is 0.651. The zero-order chi connectivity index (χ0) is 42.1. The van der Waals surface area contributed by atoms with Crippen molar-refractivity contribution < 1.29 is 44.9 Å². The van der Waals surface area contributed by atoms with Crippen molar-refractivity contribution in [1.82, 2.24) is 19.9 Å². The first-order valence-electron chi connectivity index (χ1n) is 19.4. The molecule has 60 heavy (non-hydrogen) atoms. The number of alkyl halides is 3. The molecule has 3 aromatic heterocycles. The number of hydrogen-bond acceptors (Lipinski definition) is 12. The molecular formula is C41H37F7N8O3S. The molecule has 2 aromatic carbocycles. The Morgan fingerprint density at radius 2 is 1.88 bits per heavy atom. The van der Waals surface area contributed by atoms with Crippen molar-refractivity contribution >= 4 is 49.0 Å². The molecule has 314 valence electrons. The molecule has 3 saturated heterocycles. The highest BCUT2D eigenvalue weighted by Gasteiger charge is 2.49. The highest BCUT2D eigenvalue weighted by Crippen LogP contribution is 2.54. The van der Waals surface area contributed by atoms with Crippen LogP contribution in [0.3, 0.4) is 0 Å². The van der Waals surface area contributed by atoms with E-state index in [1.807, 2.05) is 11.0 Å². The predicted octanol–water partition coefficient (Wildman–Crippen LogP) is 8.76. The Kier molecular flexibility index (Phi) is 10.1. The number of anilines is 3. The quantitative estimate of drug-likeness (QED) is 0.144. The molecule has 0 amide bonds. The average Bonchev–Trinajstić information content (AvgIpc) is 3.85. The second-order valence-electron chi connectivity index (χ2n) is 15.6. The lowest BCUT2D eigenvalue weighted by molar-refractivity contribution is -0.138. The first-order valence-corrected chi connectivity index (χ1v) is 20.2. The largest absolute Gasteiger partial charge is 0.490 e. The number of nitrogens with zero attached hydrogens (tertiary/aromatic N) is 6. The van der Waals surface area contributed by atoms with E-state index in [1.165, 1.54) is 6.20 Å². The van der Waals surface area contributed by atoms with Gasteiger partial charge in [-0.05, 0) is 68.7 Å². The number of rotatable bonds is 8. The van der Waals surface area contributed by atoms with Crippen LogP contribution in [0.4, 0.5) is 47.4 Å². The third kappa shape index (κ3) is 6.68. The summed E-state index contributed by atoms with van der Waals surface area (Å²) in [5, 5.41) is 9.17. The molecule has 0 bridgehead atoms. The van der Waals surface area contributed by atoms with Gasteiger partial charge in [0.1, 0.15) is 58.6 Å². The molecule has 4 aliphatic rings. The molecule has 19 heteroatoms. The van der Waals surface area contributed by atoms with Crippen LogP contribution in [-0.2, 0) is 10.9 Å². The van der Waals surface area contributed by atoms with Gasteiger partial charge in [-0.25, -0.2) is 13.8 Å². The molecule has 4 aliphatic heterocycles. The van der Waals surface area contributed by atoms with Gasteiger partial charge < -0.3 is 30.6 Å². The molecule has 11 nitrogen and oxygen atoms in total. The van der Waals surface area contributed by atoms with Crippen LogP contribution >= 0.6 is 11.3 Å². The number of thiophene rings is 1. The van der Waals surface area contributed by atoms with E-state index < -0.39 is 74.8 Å². The number of benzene rings is 2. The van der Waals surface area contributed by atoms with Gasteiger partial charge in [0.15, 0.2) is 5.82 Å². The topological polar surface area (TPSA) is 149 Å². The third-order valence-electron chi connectivity index (χ3n) is 12.2. The molecule has 0 saturated carbocycles. The maximum absolute atomic E-state index is 17.8. The van der Waals surface area contributed by atoms with Gasteiger partial charge in [-0.1, -0.05) is 12.1 Å². The number of aromatic nitrogens is 3. The van der Waals surface area contributed by atoms with Gasteiger partial charge in [-0.15, -0.1) is 11.3 Å². The van der Waals surface area contributed by atoms with Gasteiger partial charge in [0, 0.05) is 48.0 Å². The van der Waals surface area contributed by atoms with Crippen LogP contribution in [0.15, 0.2) is 42.1 Å². The fourth-order valence-electron chi connectivity index (χ4n) is 9.46. The maximum atomic E-state index is 17.8. The molecule has 0 spiro atoms. The van der Waals surface area contributed by atoms with Gasteiger partial charge >= 0.3 is 12.2 Å². The summed E-state index contributed by atoms with van der Waals surface area (Å²) in [5.74, 6) is -2.97. The highest BCUT2D eigenvalue weighted by molar-refractivity contribution is 7.23. The lowest BCUT2D eigenvalue weighted by Crippen LogP contribution is -2.43. The molecular weight excluding hydrogens is 818 g/mol. The van der Waals surface area contributed by atoms with Crippen LogP contribution in [0.5, 0.6) is 11.8 Å². The highest BCUT2D eigenvalue weighted by atomic mass is 32.1. The van der Waals surface area contributed by atoms with Gasteiger partial charge in [0.25, 0.3) is 6.08 Å². The van der Waals surface area contributed by atoms with E-state index in [4.69, 9.17) is 30.7 Å². The van der Waals surface area contributed by atoms with E-state index in [-0.39, 0.29) is 76.5 Å². The Morgan fingerprint density at radius 1 is 1.08 bits per heavy atom. The van der Waals surface area contributed by atoms with E-state index in [9.17, 15) is 14.0 Å². The minimum Gasteiger partial charge on any atom is -0.490 e. The number of pyridine rings is 1. The average molecular weight is 855 g/mol. The number of nitrogen functional groups attached to an aromatic ring is 2. The van der Waals surface area contributed by atoms with Gasteiger partial charge in [-0.3, -0.25) is 4.90 Å². The SMILES string of the molecule is N#Cc1c(N)sc2c(F)ccc(-c3c(C(F)(F)F)c4c5c(nc(OC[C@@]67CCCN6CC(=C(F)F)C7)nc5c3F)N([C@H](CC3CCOCC3)c3cccnc3N)CCO4)c12. The minimum atomic E-state index is -5.28. The molecule has 4 N–H and O–H groups in total. The summed E-state index contributed by atoms with van der Waals surface area (Å²) in [4.78, 5) is 17.1. The van der Waals surface area contributed by atoms with E-state index in [2.05, 4.69) is 9.97 Å². The monoisotopic (exact) mass is 854 g/mol. The smallest absolute Gasteiger partial charge is 0.420 e.